The molecule has 2 unspecified atom stereocenters. The second-order valence-electron chi connectivity index (χ2n) is 4.73. The van der Waals surface area contributed by atoms with Crippen LogP contribution in [0.2, 0.25) is 5.02 Å². The normalized spacial score (nSPS) is 19.0. The topological polar surface area (TPSA) is 21.3 Å². The average molecular weight is 306 g/mol. The lowest BCUT2D eigenvalue weighted by Crippen LogP contribution is -2.37. The first-order valence-corrected chi connectivity index (χ1v) is 7.95. The summed E-state index contributed by atoms with van der Waals surface area (Å²) in [5, 5.41) is 4.11. The lowest BCUT2D eigenvalue weighted by Gasteiger charge is -2.32. The number of rotatable bonds is 3. The molecule has 1 N–H and O–H groups in total. The monoisotopic (exact) mass is 305 g/mol. The molecule has 0 bridgehead atoms. The van der Waals surface area contributed by atoms with Crippen molar-refractivity contribution in [3.8, 4) is 5.75 Å². The van der Waals surface area contributed by atoms with Crippen molar-refractivity contribution in [3.63, 3.8) is 0 Å². The minimum absolute atomic E-state index is 0.112. The van der Waals surface area contributed by atoms with E-state index in [0.29, 0.717) is 0 Å². The standard InChI is InChI=1S/C16H16ClNOS/c1-18-16(11-6-8-12(17)9-7-11)14-10-20-15-5-3-2-4-13(15)19-14/h2-9,14,16,18H,10H2,1H3. The molecule has 1 heterocycles. The highest BCUT2D eigenvalue weighted by Gasteiger charge is 2.28. The van der Waals surface area contributed by atoms with Gasteiger partial charge in [-0.1, -0.05) is 35.9 Å². The largest absolute Gasteiger partial charge is 0.486 e. The molecular weight excluding hydrogens is 290 g/mol. The van der Waals surface area contributed by atoms with Gasteiger partial charge in [0.15, 0.2) is 0 Å². The SMILES string of the molecule is CNC(c1ccc(Cl)cc1)C1CSc2ccccc2O1. The van der Waals surface area contributed by atoms with Crippen LogP contribution >= 0.6 is 23.4 Å². The molecule has 0 radical (unpaired) electrons. The van der Waals surface area contributed by atoms with E-state index in [9.17, 15) is 0 Å². The summed E-state index contributed by atoms with van der Waals surface area (Å²) < 4.78 is 6.15. The van der Waals surface area contributed by atoms with E-state index in [-0.39, 0.29) is 12.1 Å². The molecule has 0 amide bonds. The van der Waals surface area contributed by atoms with E-state index in [1.807, 2.05) is 49.1 Å². The number of nitrogens with one attached hydrogen (secondary N) is 1. The Hall–Kier alpha value is -1.16. The van der Waals surface area contributed by atoms with Crippen LogP contribution in [-0.2, 0) is 0 Å². The van der Waals surface area contributed by atoms with Gasteiger partial charge in [-0.15, -0.1) is 11.8 Å². The number of ether oxygens (including phenoxy) is 1. The zero-order valence-electron chi connectivity index (χ0n) is 11.2. The summed E-state index contributed by atoms with van der Waals surface area (Å²) in [4.78, 5) is 1.22. The molecule has 0 spiro atoms. The summed E-state index contributed by atoms with van der Waals surface area (Å²) in [5.74, 6) is 1.91. The molecule has 0 aromatic heterocycles. The van der Waals surface area contributed by atoms with Gasteiger partial charge in [-0.2, -0.15) is 0 Å². The number of hydrogen-bond donors (Lipinski definition) is 1. The van der Waals surface area contributed by atoms with Gasteiger partial charge >= 0.3 is 0 Å². The first-order chi connectivity index (χ1) is 9.78. The number of hydrogen-bond acceptors (Lipinski definition) is 3. The van der Waals surface area contributed by atoms with Gasteiger partial charge in [0, 0.05) is 15.7 Å². The predicted octanol–water partition coefficient (Wildman–Crippen LogP) is 4.15. The minimum Gasteiger partial charge on any atom is -0.486 e. The van der Waals surface area contributed by atoms with Gasteiger partial charge in [0.2, 0.25) is 0 Å². The van der Waals surface area contributed by atoms with Gasteiger partial charge < -0.3 is 10.1 Å². The summed E-state index contributed by atoms with van der Waals surface area (Å²) in [6, 6.07) is 16.3. The summed E-state index contributed by atoms with van der Waals surface area (Å²) >= 11 is 7.80. The van der Waals surface area contributed by atoms with Crippen molar-refractivity contribution < 1.29 is 4.74 Å². The maximum Gasteiger partial charge on any atom is 0.133 e. The number of para-hydroxylation sites is 1. The molecule has 20 heavy (non-hydrogen) atoms. The fourth-order valence-electron chi connectivity index (χ4n) is 2.44. The lowest BCUT2D eigenvalue weighted by atomic mass is 10.0. The third kappa shape index (κ3) is 2.80. The number of benzene rings is 2. The third-order valence-electron chi connectivity index (χ3n) is 3.44. The summed E-state index contributed by atoms with van der Waals surface area (Å²) in [7, 11) is 1.97. The van der Waals surface area contributed by atoms with E-state index < -0.39 is 0 Å². The van der Waals surface area contributed by atoms with Crippen LogP contribution in [0.5, 0.6) is 5.75 Å². The van der Waals surface area contributed by atoms with Gasteiger partial charge in [-0.3, -0.25) is 0 Å². The molecule has 2 atom stereocenters. The molecule has 2 aromatic carbocycles. The smallest absolute Gasteiger partial charge is 0.133 e. The number of thioether (sulfide) groups is 1. The van der Waals surface area contributed by atoms with Crippen molar-refractivity contribution in [2.24, 2.45) is 0 Å². The fourth-order valence-corrected chi connectivity index (χ4v) is 3.60. The van der Waals surface area contributed by atoms with E-state index in [0.717, 1.165) is 16.5 Å². The van der Waals surface area contributed by atoms with Crippen molar-refractivity contribution in [1.29, 1.82) is 0 Å². The maximum absolute atomic E-state index is 6.15. The Balaban J connectivity index is 1.83. The third-order valence-corrected chi connectivity index (χ3v) is 4.84. The molecule has 2 aromatic rings. The Morgan fingerprint density at radius 2 is 1.95 bits per heavy atom. The summed E-state index contributed by atoms with van der Waals surface area (Å²) in [6.07, 6.45) is 0.112. The first-order valence-electron chi connectivity index (χ1n) is 6.59. The molecule has 1 aliphatic heterocycles. The molecule has 0 aliphatic carbocycles. The Labute approximate surface area is 128 Å². The number of likely N-dealkylation sites (N-methyl/N-ethyl adjacent to an activating group) is 1. The highest BCUT2D eigenvalue weighted by molar-refractivity contribution is 7.99. The van der Waals surface area contributed by atoms with Gasteiger partial charge in [-0.25, -0.2) is 0 Å². The van der Waals surface area contributed by atoms with E-state index in [4.69, 9.17) is 16.3 Å². The van der Waals surface area contributed by atoms with Crippen LogP contribution in [0.15, 0.2) is 53.4 Å². The fraction of sp³-hybridized carbons (Fsp3) is 0.250. The van der Waals surface area contributed by atoms with Crippen molar-refractivity contribution in [2.75, 3.05) is 12.8 Å². The zero-order valence-corrected chi connectivity index (χ0v) is 12.7. The molecule has 0 fully saturated rings. The van der Waals surface area contributed by atoms with Crippen LogP contribution in [0.4, 0.5) is 0 Å². The predicted molar refractivity (Wildman–Crippen MR) is 84.8 cm³/mol. The van der Waals surface area contributed by atoms with Crippen LogP contribution in [-0.4, -0.2) is 18.9 Å². The first kappa shape index (κ1) is 13.8. The molecule has 3 rings (SSSR count). The van der Waals surface area contributed by atoms with Crippen molar-refractivity contribution >= 4 is 23.4 Å². The van der Waals surface area contributed by atoms with Gasteiger partial charge in [-0.05, 0) is 36.9 Å². The van der Waals surface area contributed by atoms with Crippen LogP contribution in [0.1, 0.15) is 11.6 Å². The maximum atomic E-state index is 6.15. The van der Waals surface area contributed by atoms with Gasteiger partial charge in [0.25, 0.3) is 0 Å². The molecule has 4 heteroatoms. The Kier molecular flexibility index (Phi) is 4.20. The quantitative estimate of drug-likeness (QED) is 0.920. The molecule has 0 saturated heterocycles. The van der Waals surface area contributed by atoms with Crippen LogP contribution in [0, 0.1) is 0 Å². The van der Waals surface area contributed by atoms with E-state index in [1.54, 1.807) is 0 Å². The molecule has 104 valence electrons. The van der Waals surface area contributed by atoms with Crippen molar-refractivity contribution in [2.45, 2.75) is 17.0 Å². The van der Waals surface area contributed by atoms with E-state index in [1.165, 1.54) is 10.5 Å². The van der Waals surface area contributed by atoms with Crippen LogP contribution in [0.3, 0.4) is 0 Å². The van der Waals surface area contributed by atoms with Crippen molar-refractivity contribution in [3.05, 3.63) is 59.1 Å². The van der Waals surface area contributed by atoms with E-state index in [2.05, 4.69) is 23.5 Å². The zero-order chi connectivity index (χ0) is 13.9. The summed E-state index contributed by atoms with van der Waals surface area (Å²) in [6.45, 7) is 0. The van der Waals surface area contributed by atoms with Gasteiger partial charge in [0.05, 0.1) is 6.04 Å². The second kappa shape index (κ2) is 6.08. The van der Waals surface area contributed by atoms with Gasteiger partial charge in [0.1, 0.15) is 11.9 Å². The molecular formula is C16H16ClNOS. The van der Waals surface area contributed by atoms with Crippen LogP contribution < -0.4 is 10.1 Å². The lowest BCUT2D eigenvalue weighted by molar-refractivity contribution is 0.171. The van der Waals surface area contributed by atoms with Crippen LogP contribution in [0.25, 0.3) is 0 Å². The Bertz CT molecular complexity index is 587. The summed E-state index contributed by atoms with van der Waals surface area (Å²) in [5.41, 5.74) is 1.20. The van der Waals surface area contributed by atoms with E-state index >= 15 is 0 Å². The highest BCUT2D eigenvalue weighted by atomic mass is 35.5. The van der Waals surface area contributed by atoms with Crippen molar-refractivity contribution in [1.82, 2.24) is 5.32 Å². The Morgan fingerprint density at radius 3 is 2.70 bits per heavy atom. The number of fused-ring (bicyclic) bond motifs is 1. The number of halogens is 1. The Morgan fingerprint density at radius 1 is 1.20 bits per heavy atom. The molecule has 2 nitrogen and oxygen atoms in total. The molecule has 0 saturated carbocycles. The highest BCUT2D eigenvalue weighted by Crippen LogP contribution is 2.38. The second-order valence-corrected chi connectivity index (χ2v) is 6.23. The molecule has 1 aliphatic rings. The average Bonchev–Trinajstić information content (AvgIpc) is 2.50. The minimum atomic E-state index is 0.112.